The lowest BCUT2D eigenvalue weighted by Crippen LogP contribution is -2.38. The van der Waals surface area contributed by atoms with E-state index in [0.717, 1.165) is 36.6 Å². The molecule has 0 N–H and O–H groups in total. The fraction of sp³-hybridized carbons (Fsp3) is 0.667. The molecule has 0 amide bonds. The molecule has 2 saturated heterocycles. The van der Waals surface area contributed by atoms with Crippen LogP contribution in [0.1, 0.15) is 63.5 Å². The summed E-state index contributed by atoms with van der Waals surface area (Å²) in [7, 11) is 0. The van der Waals surface area contributed by atoms with E-state index in [1.165, 1.54) is 38.6 Å². The normalized spacial score (nSPS) is 26.7. The lowest BCUT2D eigenvalue weighted by molar-refractivity contribution is 0.00133. The summed E-state index contributed by atoms with van der Waals surface area (Å²) in [4.78, 5) is 12.1. The largest absolute Gasteiger partial charge is 0.370 e. The SMILES string of the molecule is CCN1CCCCC1n1c(C2CCCCO2)nc2cccnc21. The van der Waals surface area contributed by atoms with Gasteiger partial charge in [0.2, 0.25) is 0 Å². The maximum atomic E-state index is 6.06. The van der Waals surface area contributed by atoms with E-state index in [-0.39, 0.29) is 6.10 Å². The van der Waals surface area contributed by atoms with Gasteiger partial charge in [-0.15, -0.1) is 0 Å². The second-order valence-electron chi connectivity index (χ2n) is 6.65. The third-order valence-corrected chi connectivity index (χ3v) is 5.23. The number of likely N-dealkylation sites (tertiary alicyclic amines) is 1. The molecule has 2 aromatic heterocycles. The number of fused-ring (bicyclic) bond motifs is 1. The van der Waals surface area contributed by atoms with Crippen molar-refractivity contribution in [3.05, 3.63) is 24.2 Å². The molecule has 124 valence electrons. The van der Waals surface area contributed by atoms with Crippen molar-refractivity contribution < 1.29 is 4.74 Å². The Morgan fingerprint density at radius 2 is 2.13 bits per heavy atom. The molecule has 0 aliphatic carbocycles. The van der Waals surface area contributed by atoms with Gasteiger partial charge in [0.25, 0.3) is 0 Å². The fourth-order valence-corrected chi connectivity index (χ4v) is 4.05. The van der Waals surface area contributed by atoms with Crippen molar-refractivity contribution in [1.29, 1.82) is 0 Å². The molecular formula is C18H26N4O. The molecule has 4 rings (SSSR count). The highest BCUT2D eigenvalue weighted by molar-refractivity contribution is 5.71. The standard InChI is InChI=1S/C18H26N4O/c1-2-21-12-5-3-10-16(21)22-17-14(8-7-11-19-17)20-18(22)15-9-4-6-13-23-15/h7-8,11,15-16H,2-6,9-10,12-13H2,1H3. The van der Waals surface area contributed by atoms with Gasteiger partial charge in [-0.2, -0.15) is 0 Å². The molecule has 2 unspecified atom stereocenters. The molecule has 0 bridgehead atoms. The molecule has 0 radical (unpaired) electrons. The summed E-state index contributed by atoms with van der Waals surface area (Å²) in [6.07, 6.45) is 9.58. The Morgan fingerprint density at radius 1 is 1.22 bits per heavy atom. The Balaban J connectivity index is 1.81. The highest BCUT2D eigenvalue weighted by atomic mass is 16.5. The van der Waals surface area contributed by atoms with Crippen LogP contribution in [-0.4, -0.2) is 39.1 Å². The van der Waals surface area contributed by atoms with Crippen LogP contribution in [0.4, 0.5) is 0 Å². The van der Waals surface area contributed by atoms with E-state index in [2.05, 4.69) is 27.4 Å². The van der Waals surface area contributed by atoms with Crippen LogP contribution in [0.2, 0.25) is 0 Å². The minimum absolute atomic E-state index is 0.124. The summed E-state index contributed by atoms with van der Waals surface area (Å²) in [6, 6.07) is 4.05. The second kappa shape index (κ2) is 6.57. The predicted molar refractivity (Wildman–Crippen MR) is 90.2 cm³/mol. The molecule has 5 nitrogen and oxygen atoms in total. The monoisotopic (exact) mass is 314 g/mol. The van der Waals surface area contributed by atoms with Gasteiger partial charge in [0.1, 0.15) is 17.4 Å². The first-order valence-electron chi connectivity index (χ1n) is 9.07. The van der Waals surface area contributed by atoms with E-state index < -0.39 is 0 Å². The van der Waals surface area contributed by atoms with Gasteiger partial charge in [0.05, 0.1) is 6.17 Å². The quantitative estimate of drug-likeness (QED) is 0.867. The number of nitrogens with zero attached hydrogens (tertiary/aromatic N) is 4. The molecule has 0 aromatic carbocycles. The average molecular weight is 314 g/mol. The van der Waals surface area contributed by atoms with E-state index in [4.69, 9.17) is 9.72 Å². The number of hydrogen-bond acceptors (Lipinski definition) is 4. The maximum Gasteiger partial charge on any atom is 0.161 e. The van der Waals surface area contributed by atoms with E-state index >= 15 is 0 Å². The molecule has 5 heteroatoms. The summed E-state index contributed by atoms with van der Waals surface area (Å²) >= 11 is 0. The van der Waals surface area contributed by atoms with Gasteiger partial charge in [-0.05, 0) is 57.2 Å². The molecule has 23 heavy (non-hydrogen) atoms. The zero-order valence-electron chi connectivity index (χ0n) is 13.9. The molecule has 2 atom stereocenters. The van der Waals surface area contributed by atoms with Crippen LogP contribution >= 0.6 is 0 Å². The van der Waals surface area contributed by atoms with Crippen molar-refractivity contribution in [2.45, 2.75) is 57.7 Å². The summed E-state index contributed by atoms with van der Waals surface area (Å²) in [5.74, 6) is 1.09. The van der Waals surface area contributed by atoms with Crippen LogP contribution in [0.15, 0.2) is 18.3 Å². The summed E-state index contributed by atoms with van der Waals surface area (Å²) < 4.78 is 8.45. The van der Waals surface area contributed by atoms with Gasteiger partial charge in [0, 0.05) is 19.3 Å². The van der Waals surface area contributed by atoms with Crippen molar-refractivity contribution in [2.24, 2.45) is 0 Å². The van der Waals surface area contributed by atoms with Gasteiger partial charge in [-0.25, -0.2) is 9.97 Å². The summed E-state index contributed by atoms with van der Waals surface area (Å²) in [5, 5.41) is 0. The van der Waals surface area contributed by atoms with Crippen molar-refractivity contribution in [3.8, 4) is 0 Å². The van der Waals surface area contributed by atoms with Crippen LogP contribution in [0.5, 0.6) is 0 Å². The second-order valence-corrected chi connectivity index (χ2v) is 6.65. The number of aromatic nitrogens is 3. The van der Waals surface area contributed by atoms with E-state index in [1.807, 2.05) is 12.3 Å². The van der Waals surface area contributed by atoms with Gasteiger partial charge in [0.15, 0.2) is 5.65 Å². The third kappa shape index (κ3) is 2.76. The first kappa shape index (κ1) is 15.1. The highest BCUT2D eigenvalue weighted by Crippen LogP contribution is 2.35. The third-order valence-electron chi connectivity index (χ3n) is 5.23. The van der Waals surface area contributed by atoms with E-state index in [1.54, 1.807) is 0 Å². The van der Waals surface area contributed by atoms with Gasteiger partial charge < -0.3 is 4.74 Å². The average Bonchev–Trinajstić information content (AvgIpc) is 3.02. The van der Waals surface area contributed by atoms with Crippen LogP contribution in [-0.2, 0) is 4.74 Å². The topological polar surface area (TPSA) is 43.2 Å². The molecule has 2 aliphatic heterocycles. The van der Waals surface area contributed by atoms with Gasteiger partial charge in [-0.3, -0.25) is 9.47 Å². The Kier molecular flexibility index (Phi) is 4.31. The number of piperidine rings is 1. The zero-order valence-corrected chi connectivity index (χ0v) is 13.9. The molecule has 4 heterocycles. The number of pyridine rings is 1. The van der Waals surface area contributed by atoms with Crippen molar-refractivity contribution in [3.63, 3.8) is 0 Å². The molecule has 2 fully saturated rings. The lowest BCUT2D eigenvalue weighted by Gasteiger charge is -2.37. The Labute approximate surface area is 137 Å². The molecule has 0 spiro atoms. The Morgan fingerprint density at radius 3 is 2.96 bits per heavy atom. The summed E-state index contributed by atoms with van der Waals surface area (Å²) in [6.45, 7) is 5.34. The van der Waals surface area contributed by atoms with Crippen LogP contribution in [0.25, 0.3) is 11.2 Å². The smallest absolute Gasteiger partial charge is 0.161 e. The Bertz CT molecular complexity index is 662. The van der Waals surface area contributed by atoms with E-state index in [0.29, 0.717) is 6.17 Å². The fourth-order valence-electron chi connectivity index (χ4n) is 4.05. The number of ether oxygens (including phenoxy) is 1. The van der Waals surface area contributed by atoms with Crippen LogP contribution in [0, 0.1) is 0 Å². The van der Waals surface area contributed by atoms with Crippen molar-refractivity contribution >= 4 is 11.2 Å². The summed E-state index contributed by atoms with van der Waals surface area (Å²) in [5.41, 5.74) is 2.01. The minimum Gasteiger partial charge on any atom is -0.370 e. The maximum absolute atomic E-state index is 6.06. The number of hydrogen-bond donors (Lipinski definition) is 0. The van der Waals surface area contributed by atoms with Gasteiger partial charge in [-0.1, -0.05) is 6.92 Å². The Hall–Kier alpha value is -1.46. The van der Waals surface area contributed by atoms with Crippen molar-refractivity contribution in [2.75, 3.05) is 19.7 Å². The zero-order chi connectivity index (χ0) is 15.6. The highest BCUT2D eigenvalue weighted by Gasteiger charge is 2.31. The lowest BCUT2D eigenvalue weighted by atomic mass is 10.1. The van der Waals surface area contributed by atoms with Crippen LogP contribution < -0.4 is 0 Å². The molecular weight excluding hydrogens is 288 g/mol. The minimum atomic E-state index is 0.124. The molecule has 0 saturated carbocycles. The molecule has 2 aliphatic rings. The van der Waals surface area contributed by atoms with Crippen molar-refractivity contribution in [1.82, 2.24) is 19.4 Å². The molecule has 2 aromatic rings. The number of imidazole rings is 1. The first-order chi connectivity index (χ1) is 11.4. The first-order valence-corrected chi connectivity index (χ1v) is 9.07. The predicted octanol–water partition coefficient (Wildman–Crippen LogP) is 3.68. The van der Waals surface area contributed by atoms with Gasteiger partial charge >= 0.3 is 0 Å². The van der Waals surface area contributed by atoms with Crippen LogP contribution in [0.3, 0.4) is 0 Å². The van der Waals surface area contributed by atoms with E-state index in [9.17, 15) is 0 Å². The number of rotatable bonds is 3.